The number of piperidine rings is 1. The third-order valence-electron chi connectivity index (χ3n) is 12.1. The van der Waals surface area contributed by atoms with E-state index in [1.807, 2.05) is 0 Å². The zero-order valence-corrected chi connectivity index (χ0v) is 27.5. The van der Waals surface area contributed by atoms with Gasteiger partial charge in [0.25, 0.3) is 0 Å². The van der Waals surface area contributed by atoms with Gasteiger partial charge in [-0.1, -0.05) is 51.4 Å². The van der Waals surface area contributed by atoms with Crippen molar-refractivity contribution in [1.82, 2.24) is 25.2 Å². The van der Waals surface area contributed by atoms with Gasteiger partial charge in [-0.05, 0) is 49.9 Å². The van der Waals surface area contributed by atoms with Gasteiger partial charge in [0.05, 0.1) is 30.4 Å². The van der Waals surface area contributed by atoms with Crippen LogP contribution in [-0.4, -0.2) is 111 Å². The van der Waals surface area contributed by atoms with Crippen molar-refractivity contribution in [2.24, 2.45) is 28.0 Å². The van der Waals surface area contributed by atoms with Crippen LogP contribution in [0.1, 0.15) is 89.9 Å². The average Bonchev–Trinajstić information content (AvgIpc) is 3.22. The summed E-state index contributed by atoms with van der Waals surface area (Å²) < 4.78 is 41.2. The SMILES string of the molecule is CS(=O)(=O)N1CCN(C2C(NC(=O)C3C4CC5(CCCCC5NC3N)CC(F)C=N4)CNC3CCCCCCCCC32)CC1. The number of amides is 1. The number of nitrogens with two attached hydrogens (primary N) is 1. The Bertz CT molecular complexity index is 1130. The molecule has 250 valence electrons. The summed E-state index contributed by atoms with van der Waals surface area (Å²) in [5.74, 6) is -0.307. The minimum Gasteiger partial charge on any atom is -0.350 e. The molecular formula is C32H56FN7O3S. The van der Waals surface area contributed by atoms with Crippen LogP contribution in [0.2, 0.25) is 0 Å². The maximum absolute atomic E-state index is 15.0. The zero-order valence-electron chi connectivity index (χ0n) is 26.6. The van der Waals surface area contributed by atoms with Crippen LogP contribution >= 0.6 is 0 Å². The molecular weight excluding hydrogens is 581 g/mol. The molecule has 4 heterocycles. The summed E-state index contributed by atoms with van der Waals surface area (Å²) in [6.45, 7) is 2.94. The van der Waals surface area contributed by atoms with E-state index >= 15 is 4.39 Å². The van der Waals surface area contributed by atoms with Gasteiger partial charge in [-0.3, -0.25) is 20.0 Å². The van der Waals surface area contributed by atoms with E-state index < -0.39 is 28.3 Å². The average molecular weight is 638 g/mol. The van der Waals surface area contributed by atoms with Crippen molar-refractivity contribution < 1.29 is 17.6 Å². The number of hydrogen-bond acceptors (Lipinski definition) is 8. The van der Waals surface area contributed by atoms with Crippen LogP contribution in [0, 0.1) is 17.3 Å². The van der Waals surface area contributed by atoms with Crippen molar-refractivity contribution in [1.29, 1.82) is 0 Å². The van der Waals surface area contributed by atoms with E-state index in [-0.39, 0.29) is 35.5 Å². The quantitative estimate of drug-likeness (QED) is 0.372. The number of alkyl halides is 1. The van der Waals surface area contributed by atoms with Crippen molar-refractivity contribution in [3.8, 4) is 0 Å². The fourth-order valence-electron chi connectivity index (χ4n) is 9.89. The van der Waals surface area contributed by atoms with E-state index in [2.05, 4.69) is 20.9 Å². The number of nitrogens with one attached hydrogen (secondary N) is 3. The molecule has 12 heteroatoms. The number of carbonyl (C=O) groups excluding carboxylic acids is 1. The molecule has 44 heavy (non-hydrogen) atoms. The van der Waals surface area contributed by atoms with Crippen molar-refractivity contribution >= 4 is 22.1 Å². The Morgan fingerprint density at radius 2 is 1.70 bits per heavy atom. The van der Waals surface area contributed by atoms with E-state index in [0.717, 1.165) is 38.5 Å². The Labute approximate surface area is 264 Å². The van der Waals surface area contributed by atoms with Crippen LogP contribution in [0.3, 0.4) is 0 Å². The highest BCUT2D eigenvalue weighted by Gasteiger charge is 2.52. The topological polar surface area (TPSA) is 132 Å². The summed E-state index contributed by atoms with van der Waals surface area (Å²) in [4.78, 5) is 21.5. The van der Waals surface area contributed by atoms with Gasteiger partial charge in [0, 0.05) is 57.1 Å². The predicted octanol–water partition coefficient (Wildman–Crippen LogP) is 2.14. The molecule has 3 saturated heterocycles. The molecule has 10 unspecified atom stereocenters. The van der Waals surface area contributed by atoms with E-state index in [1.54, 1.807) is 4.31 Å². The predicted molar refractivity (Wildman–Crippen MR) is 172 cm³/mol. The Hall–Kier alpha value is -1.18. The van der Waals surface area contributed by atoms with Crippen LogP contribution < -0.4 is 21.7 Å². The Morgan fingerprint density at radius 1 is 1.00 bits per heavy atom. The molecule has 2 saturated carbocycles. The lowest BCUT2D eigenvalue weighted by Crippen LogP contribution is -2.69. The summed E-state index contributed by atoms with van der Waals surface area (Å²) >= 11 is 0. The molecule has 0 radical (unpaired) electrons. The number of rotatable bonds is 4. The Morgan fingerprint density at radius 3 is 2.45 bits per heavy atom. The van der Waals surface area contributed by atoms with E-state index in [1.165, 1.54) is 51.0 Å². The third kappa shape index (κ3) is 7.05. The molecule has 1 amide bonds. The molecule has 6 rings (SSSR count). The van der Waals surface area contributed by atoms with Crippen molar-refractivity contribution in [2.75, 3.05) is 39.0 Å². The number of piperazine rings is 1. The monoisotopic (exact) mass is 637 g/mol. The molecule has 10 nitrogen and oxygen atoms in total. The summed E-state index contributed by atoms with van der Waals surface area (Å²) in [7, 11) is -3.24. The number of nitrogens with zero attached hydrogens (tertiary/aromatic N) is 3. The second kappa shape index (κ2) is 13.9. The summed E-state index contributed by atoms with van der Waals surface area (Å²) in [6.07, 6.45) is 16.0. The summed E-state index contributed by atoms with van der Waals surface area (Å²) in [5, 5.41) is 10.9. The van der Waals surface area contributed by atoms with Crippen LogP contribution in [0.25, 0.3) is 0 Å². The minimum absolute atomic E-state index is 0.0943. The van der Waals surface area contributed by atoms with Gasteiger partial charge in [0.2, 0.25) is 15.9 Å². The molecule has 0 aromatic rings. The number of aliphatic imine (C=N–C) groups is 1. The molecule has 10 atom stereocenters. The normalized spacial score (nSPS) is 43.1. The van der Waals surface area contributed by atoms with E-state index in [9.17, 15) is 13.2 Å². The highest BCUT2D eigenvalue weighted by Crippen LogP contribution is 2.49. The van der Waals surface area contributed by atoms with Crippen molar-refractivity contribution in [3.05, 3.63) is 0 Å². The Kier molecular flexibility index (Phi) is 10.3. The first-order valence-corrected chi connectivity index (χ1v) is 19.4. The molecule has 5 N–H and O–H groups in total. The molecule has 2 bridgehead atoms. The number of halogens is 1. The first kappa shape index (κ1) is 32.7. The van der Waals surface area contributed by atoms with Gasteiger partial charge < -0.3 is 16.4 Å². The fraction of sp³-hybridized carbons (Fsp3) is 0.938. The lowest BCUT2D eigenvalue weighted by molar-refractivity contribution is -0.128. The van der Waals surface area contributed by atoms with Gasteiger partial charge in [-0.2, -0.15) is 4.31 Å². The number of carbonyl (C=O) groups is 1. The largest absolute Gasteiger partial charge is 0.350 e. The number of sulfonamides is 1. The zero-order chi connectivity index (χ0) is 30.9. The first-order valence-electron chi connectivity index (χ1n) is 17.6. The van der Waals surface area contributed by atoms with Gasteiger partial charge in [-0.25, -0.2) is 12.8 Å². The second-order valence-corrected chi connectivity index (χ2v) is 16.8. The standard InChI is InChI=1S/C32H56FN7O3S/c1-44(42,43)40-16-14-39(15-17-40)29-23-10-6-4-2-3-5-7-11-24(23)36-21-26(29)37-31(41)28-25-19-32(18-22(33)20-35-25)13-9-8-12-27(32)38-30(28)34/h20,22-30,36,38H,2-19,21,34H2,1H3,(H,37,41). The molecule has 0 aromatic carbocycles. The summed E-state index contributed by atoms with van der Waals surface area (Å²) in [5.41, 5.74) is 6.59. The lowest BCUT2D eigenvalue weighted by atomic mass is 9.64. The highest BCUT2D eigenvalue weighted by molar-refractivity contribution is 7.88. The van der Waals surface area contributed by atoms with Crippen LogP contribution in [0.5, 0.6) is 0 Å². The maximum atomic E-state index is 15.0. The first-order chi connectivity index (χ1) is 21.1. The second-order valence-electron chi connectivity index (χ2n) is 14.8. The van der Waals surface area contributed by atoms with Crippen LogP contribution in [0.15, 0.2) is 4.99 Å². The van der Waals surface area contributed by atoms with Gasteiger partial charge in [0.1, 0.15) is 6.17 Å². The molecule has 4 aliphatic heterocycles. The smallest absolute Gasteiger partial charge is 0.228 e. The number of fused-ring (bicyclic) bond motifs is 2. The summed E-state index contributed by atoms with van der Waals surface area (Å²) in [6, 6.07) is 0.119. The maximum Gasteiger partial charge on any atom is 0.228 e. The van der Waals surface area contributed by atoms with Gasteiger partial charge in [-0.15, -0.1) is 0 Å². The molecule has 1 spiro atoms. The van der Waals surface area contributed by atoms with Crippen LogP contribution in [0.4, 0.5) is 4.39 Å². The van der Waals surface area contributed by atoms with Crippen molar-refractivity contribution in [2.45, 2.75) is 132 Å². The van der Waals surface area contributed by atoms with Crippen LogP contribution in [-0.2, 0) is 14.8 Å². The molecule has 2 aliphatic carbocycles. The van der Waals surface area contributed by atoms with E-state index in [0.29, 0.717) is 57.5 Å². The minimum atomic E-state index is -3.24. The Balaban J connectivity index is 1.25. The molecule has 5 fully saturated rings. The van der Waals surface area contributed by atoms with Gasteiger partial charge >= 0.3 is 0 Å². The molecule has 6 aliphatic rings. The van der Waals surface area contributed by atoms with Crippen molar-refractivity contribution in [3.63, 3.8) is 0 Å². The van der Waals surface area contributed by atoms with E-state index in [4.69, 9.17) is 10.7 Å². The highest BCUT2D eigenvalue weighted by atomic mass is 32.2. The molecule has 0 aromatic heterocycles. The lowest BCUT2D eigenvalue weighted by Gasteiger charge is -2.51. The number of hydrogen-bond donors (Lipinski definition) is 4. The fourth-order valence-corrected chi connectivity index (χ4v) is 10.7. The third-order valence-corrected chi connectivity index (χ3v) is 13.4. The van der Waals surface area contributed by atoms with Gasteiger partial charge in [0.15, 0.2) is 0 Å².